The molecule has 0 spiro atoms. The summed E-state index contributed by atoms with van der Waals surface area (Å²) >= 11 is 0.416. The third kappa shape index (κ3) is 4.58. The molecule has 0 aliphatic rings. The average molecular weight is 262 g/mol. The van der Waals surface area contributed by atoms with Crippen molar-refractivity contribution in [1.29, 1.82) is 0 Å². The molecular weight excluding hydrogens is 255 g/mol. The van der Waals surface area contributed by atoms with Gasteiger partial charge in [-0.1, -0.05) is 10.8 Å². The molecule has 0 saturated carbocycles. The summed E-state index contributed by atoms with van der Waals surface area (Å²) in [5, 5.41) is 0. The van der Waals surface area contributed by atoms with Crippen molar-refractivity contribution in [3.8, 4) is 0 Å². The number of hydrogen-bond donors (Lipinski definition) is 0. The number of hydrogen-bond acceptors (Lipinski definition) is 3. The van der Waals surface area contributed by atoms with Crippen molar-refractivity contribution in [3.05, 3.63) is 17.0 Å². The van der Waals surface area contributed by atoms with E-state index in [-0.39, 0.29) is 62.9 Å². The maximum absolute atomic E-state index is 12.2. The molecule has 0 aliphatic heterocycles. The zero-order valence-electron chi connectivity index (χ0n) is 8.30. The summed E-state index contributed by atoms with van der Waals surface area (Å²) in [6, 6.07) is 2.03. The van der Waals surface area contributed by atoms with Crippen LogP contribution in [0.15, 0.2) is 12.1 Å². The number of halogens is 3. The first-order valence-electron chi connectivity index (χ1n) is 3.92. The van der Waals surface area contributed by atoms with Crippen LogP contribution in [0.4, 0.5) is 12.9 Å². The van der Waals surface area contributed by atoms with Gasteiger partial charge in [0.15, 0.2) is 0 Å². The predicted molar refractivity (Wildman–Crippen MR) is 49.0 cm³/mol. The topological polar surface area (TPSA) is 26.3 Å². The molecule has 1 aromatic rings. The molecule has 2 nitrogen and oxygen atoms in total. The molecule has 1 heterocycles. The SMILES string of the molecule is CCOC(=O)c1ccc([B-](F)(F)F)s1.[K+]. The molecular formula is C7H7BF3KO2S. The van der Waals surface area contributed by atoms with Crippen LogP contribution in [-0.4, -0.2) is 19.6 Å². The van der Waals surface area contributed by atoms with E-state index < -0.39 is 17.7 Å². The molecule has 0 saturated heterocycles. The van der Waals surface area contributed by atoms with Crippen molar-refractivity contribution in [2.45, 2.75) is 6.92 Å². The molecule has 0 amide bonds. The van der Waals surface area contributed by atoms with Crippen LogP contribution in [0.3, 0.4) is 0 Å². The zero-order valence-corrected chi connectivity index (χ0v) is 12.2. The number of esters is 1. The number of ether oxygens (including phenoxy) is 1. The fraction of sp³-hybridized carbons (Fsp3) is 0.286. The minimum atomic E-state index is -5.01. The van der Waals surface area contributed by atoms with E-state index in [0.29, 0.717) is 11.3 Å². The van der Waals surface area contributed by atoms with Crippen molar-refractivity contribution in [2.24, 2.45) is 0 Å². The molecule has 0 aliphatic carbocycles. The van der Waals surface area contributed by atoms with Gasteiger partial charge in [0.1, 0.15) is 4.88 Å². The quantitative estimate of drug-likeness (QED) is 0.515. The van der Waals surface area contributed by atoms with E-state index in [9.17, 15) is 17.7 Å². The smallest absolute Gasteiger partial charge is 0.462 e. The largest absolute Gasteiger partial charge is 1.00 e. The van der Waals surface area contributed by atoms with Gasteiger partial charge in [-0.25, -0.2) is 4.79 Å². The van der Waals surface area contributed by atoms with E-state index in [1.165, 1.54) is 0 Å². The Bertz CT molecular complexity index is 339. The van der Waals surface area contributed by atoms with Gasteiger partial charge in [-0.15, -0.1) is 0 Å². The minimum absolute atomic E-state index is 0. The number of thiophene rings is 1. The third-order valence-corrected chi connectivity index (χ3v) is 2.59. The number of carbonyl (C=O) groups excluding carboxylic acids is 1. The summed E-state index contributed by atoms with van der Waals surface area (Å²) in [7, 11) is 0. The Balaban J connectivity index is 0.00000196. The van der Waals surface area contributed by atoms with Crippen LogP contribution in [-0.2, 0) is 4.74 Å². The van der Waals surface area contributed by atoms with Crippen LogP contribution >= 0.6 is 11.3 Å². The normalized spacial score (nSPS) is 10.7. The van der Waals surface area contributed by atoms with Crippen molar-refractivity contribution in [1.82, 2.24) is 0 Å². The van der Waals surface area contributed by atoms with Crippen LogP contribution < -0.4 is 56.2 Å². The molecule has 0 bridgehead atoms. The Morgan fingerprint density at radius 2 is 2.07 bits per heavy atom. The standard InChI is InChI=1S/C7H7BF3O2S.K/c1-2-13-7(12)5-3-4-6(14-5)8(9,10)11;/h3-4H,2H2,1H3;/q-1;+1. The fourth-order valence-corrected chi connectivity index (χ4v) is 1.64. The summed E-state index contributed by atoms with van der Waals surface area (Å²) in [5.41, 5.74) is 0. The first-order valence-corrected chi connectivity index (χ1v) is 4.73. The van der Waals surface area contributed by atoms with E-state index in [0.717, 1.165) is 12.1 Å². The fourth-order valence-electron chi connectivity index (χ4n) is 0.841. The van der Waals surface area contributed by atoms with Crippen LogP contribution in [0.25, 0.3) is 0 Å². The Kier molecular flexibility index (Phi) is 6.69. The van der Waals surface area contributed by atoms with Gasteiger partial charge in [0.25, 0.3) is 0 Å². The van der Waals surface area contributed by atoms with E-state index in [4.69, 9.17) is 0 Å². The zero-order chi connectivity index (χ0) is 10.8. The molecule has 0 atom stereocenters. The molecule has 0 aromatic carbocycles. The molecule has 0 fully saturated rings. The van der Waals surface area contributed by atoms with Gasteiger partial charge in [0.2, 0.25) is 0 Å². The predicted octanol–water partition coefficient (Wildman–Crippen LogP) is -1.02. The summed E-state index contributed by atoms with van der Waals surface area (Å²) < 4.78 is 40.4. The third-order valence-electron chi connectivity index (χ3n) is 1.43. The summed E-state index contributed by atoms with van der Waals surface area (Å²) in [4.78, 5) is 11.0. The second-order valence-corrected chi connectivity index (χ2v) is 3.61. The van der Waals surface area contributed by atoms with E-state index in [1.54, 1.807) is 6.92 Å². The van der Waals surface area contributed by atoms with Gasteiger partial charge in [-0.3, -0.25) is 0 Å². The summed E-state index contributed by atoms with van der Waals surface area (Å²) in [6.45, 7) is -3.26. The van der Waals surface area contributed by atoms with Crippen LogP contribution in [0.1, 0.15) is 16.6 Å². The molecule has 1 rings (SSSR count). The van der Waals surface area contributed by atoms with Crippen molar-refractivity contribution in [2.75, 3.05) is 6.61 Å². The molecule has 78 valence electrons. The van der Waals surface area contributed by atoms with Gasteiger partial charge >= 0.3 is 64.3 Å². The maximum Gasteiger partial charge on any atom is 1.00 e. The van der Waals surface area contributed by atoms with Gasteiger partial charge in [-0.2, -0.15) is 11.3 Å². The minimum Gasteiger partial charge on any atom is -0.462 e. The van der Waals surface area contributed by atoms with Gasteiger partial charge in [0, 0.05) is 0 Å². The van der Waals surface area contributed by atoms with Crippen LogP contribution in [0, 0.1) is 0 Å². The monoisotopic (exact) mass is 262 g/mol. The second kappa shape index (κ2) is 6.41. The average Bonchev–Trinajstić information content (AvgIpc) is 2.51. The molecule has 0 unspecified atom stereocenters. The Labute approximate surface area is 132 Å². The first-order chi connectivity index (χ1) is 6.45. The van der Waals surface area contributed by atoms with Crippen LogP contribution in [0.5, 0.6) is 0 Å². The molecule has 1 aromatic heterocycles. The van der Waals surface area contributed by atoms with Gasteiger partial charge < -0.3 is 17.7 Å². The van der Waals surface area contributed by atoms with Crippen molar-refractivity contribution < 1.29 is 73.9 Å². The Morgan fingerprint density at radius 1 is 1.47 bits per heavy atom. The Hall–Kier alpha value is 0.661. The second-order valence-electron chi connectivity index (χ2n) is 2.50. The first kappa shape index (κ1) is 15.7. The Morgan fingerprint density at radius 3 is 2.47 bits per heavy atom. The van der Waals surface area contributed by atoms with Crippen molar-refractivity contribution >= 4 is 29.1 Å². The number of carbonyl (C=O) groups is 1. The number of rotatable bonds is 3. The van der Waals surface area contributed by atoms with E-state index in [1.807, 2.05) is 0 Å². The van der Waals surface area contributed by atoms with E-state index in [2.05, 4.69) is 4.74 Å². The van der Waals surface area contributed by atoms with E-state index >= 15 is 0 Å². The molecule has 0 N–H and O–H groups in total. The maximum atomic E-state index is 12.2. The molecule has 15 heavy (non-hydrogen) atoms. The summed E-state index contributed by atoms with van der Waals surface area (Å²) in [5.74, 6) is -0.705. The van der Waals surface area contributed by atoms with Crippen LogP contribution in [0.2, 0.25) is 0 Å². The van der Waals surface area contributed by atoms with Crippen molar-refractivity contribution in [3.63, 3.8) is 0 Å². The van der Waals surface area contributed by atoms with Gasteiger partial charge in [0.05, 0.1) is 6.61 Å². The molecule has 8 heteroatoms. The van der Waals surface area contributed by atoms with Gasteiger partial charge in [-0.05, 0) is 13.0 Å². The molecule has 0 radical (unpaired) electrons. The summed E-state index contributed by atoms with van der Waals surface area (Å²) in [6.07, 6.45) is 0.